The Balaban J connectivity index is 1.58. The molecule has 3 aromatic carbocycles. The maximum Gasteiger partial charge on any atom is 0.254 e. The Morgan fingerprint density at radius 3 is 2.27 bits per heavy atom. The molecule has 1 aromatic heterocycles. The van der Waals surface area contributed by atoms with Crippen LogP contribution >= 0.6 is 23.2 Å². The van der Waals surface area contributed by atoms with Gasteiger partial charge in [-0.3, -0.25) is 9.59 Å². The number of halogens is 2. The van der Waals surface area contributed by atoms with Gasteiger partial charge in [-0.2, -0.15) is 0 Å². The molecule has 216 valence electrons. The highest BCUT2D eigenvalue weighted by molar-refractivity contribution is 6.42. The van der Waals surface area contributed by atoms with E-state index >= 15 is 0 Å². The summed E-state index contributed by atoms with van der Waals surface area (Å²) >= 11 is 12.3. The van der Waals surface area contributed by atoms with Crippen LogP contribution in [0.5, 0.6) is 0 Å². The molecule has 41 heavy (non-hydrogen) atoms. The fourth-order valence-electron chi connectivity index (χ4n) is 4.95. The van der Waals surface area contributed by atoms with Crippen molar-refractivity contribution in [1.29, 1.82) is 0 Å². The highest BCUT2D eigenvalue weighted by Crippen LogP contribution is 2.25. The van der Waals surface area contributed by atoms with Gasteiger partial charge in [0.25, 0.3) is 5.91 Å². The molecule has 5 nitrogen and oxygen atoms in total. The molecule has 0 bridgehead atoms. The van der Waals surface area contributed by atoms with Crippen LogP contribution in [-0.4, -0.2) is 46.2 Å². The summed E-state index contributed by atoms with van der Waals surface area (Å²) in [6.07, 6.45) is 2.71. The lowest BCUT2D eigenvalue weighted by molar-refractivity contribution is -0.132. The number of rotatable bonds is 10. The van der Waals surface area contributed by atoms with Gasteiger partial charge in [0.15, 0.2) is 0 Å². The van der Waals surface area contributed by atoms with E-state index in [-0.39, 0.29) is 29.7 Å². The summed E-state index contributed by atoms with van der Waals surface area (Å²) in [5.74, 6) is -0.158. The minimum atomic E-state index is -0.239. The number of nitrogens with one attached hydrogen (secondary N) is 1. The number of H-pyrrole nitrogens is 1. The highest BCUT2D eigenvalue weighted by Gasteiger charge is 2.24. The van der Waals surface area contributed by atoms with Crippen LogP contribution in [0, 0.1) is 5.92 Å². The zero-order valence-electron chi connectivity index (χ0n) is 24.5. The van der Waals surface area contributed by atoms with E-state index in [1.807, 2.05) is 37.1 Å². The van der Waals surface area contributed by atoms with Crippen molar-refractivity contribution >= 4 is 45.9 Å². The van der Waals surface area contributed by atoms with E-state index in [4.69, 9.17) is 23.2 Å². The minimum absolute atomic E-state index is 0.0226. The molecule has 4 aromatic rings. The second kappa shape index (κ2) is 13.1. The normalized spacial score (nSPS) is 11.7. The smallest absolute Gasteiger partial charge is 0.254 e. The average Bonchev–Trinajstić information content (AvgIpc) is 3.34. The molecule has 0 unspecified atom stereocenters. The Bertz CT molecular complexity index is 1500. The van der Waals surface area contributed by atoms with Gasteiger partial charge in [-0.1, -0.05) is 100 Å². The number of nitrogens with zero attached hydrogens (tertiary/aromatic N) is 2. The number of aromatic amines is 1. The molecule has 1 N–H and O–H groups in total. The molecule has 0 aliphatic heterocycles. The van der Waals surface area contributed by atoms with E-state index in [0.29, 0.717) is 41.7 Å². The molecule has 0 fully saturated rings. The Hall–Kier alpha value is -3.28. The number of carbonyl (C=O) groups excluding carboxylic acids is 2. The lowest BCUT2D eigenvalue weighted by Gasteiger charge is -2.29. The molecule has 0 atom stereocenters. The van der Waals surface area contributed by atoms with Gasteiger partial charge < -0.3 is 14.8 Å². The van der Waals surface area contributed by atoms with Gasteiger partial charge in [0.05, 0.1) is 10.0 Å². The zero-order valence-corrected chi connectivity index (χ0v) is 26.0. The average molecular weight is 593 g/mol. The van der Waals surface area contributed by atoms with Gasteiger partial charge >= 0.3 is 0 Å². The second-order valence-corrected chi connectivity index (χ2v) is 12.9. The van der Waals surface area contributed by atoms with E-state index < -0.39 is 0 Å². The Morgan fingerprint density at radius 2 is 1.61 bits per heavy atom. The molecule has 1 heterocycles. The quantitative estimate of drug-likeness (QED) is 0.202. The van der Waals surface area contributed by atoms with Crippen molar-refractivity contribution in [3.05, 3.63) is 105 Å². The summed E-state index contributed by atoms with van der Waals surface area (Å²) in [5.41, 5.74) is 4.99. The number of fused-ring (bicyclic) bond motifs is 1. The van der Waals surface area contributed by atoms with Crippen LogP contribution in [0.2, 0.25) is 10.0 Å². The number of para-hydroxylation sites is 1. The monoisotopic (exact) mass is 591 g/mol. The third-order valence-corrected chi connectivity index (χ3v) is 7.98. The van der Waals surface area contributed by atoms with Crippen LogP contribution in [-0.2, 0) is 23.2 Å². The summed E-state index contributed by atoms with van der Waals surface area (Å²) in [4.78, 5) is 34.3. The van der Waals surface area contributed by atoms with Crippen LogP contribution < -0.4 is 0 Å². The van der Waals surface area contributed by atoms with Crippen molar-refractivity contribution in [3.63, 3.8) is 0 Å². The van der Waals surface area contributed by atoms with Crippen LogP contribution in [0.4, 0.5) is 0 Å². The first-order chi connectivity index (χ1) is 19.4. The SMILES string of the molecule is CC(C)CN(CC(=O)N(CCc1c[nH]c2ccccc12)Cc1ccc(C(C)(C)C)cc1)C(=O)c1ccc(Cl)c(Cl)c1. The van der Waals surface area contributed by atoms with Crippen molar-refractivity contribution in [2.24, 2.45) is 5.92 Å². The summed E-state index contributed by atoms with van der Waals surface area (Å²) in [7, 11) is 0. The van der Waals surface area contributed by atoms with Crippen LogP contribution in [0.25, 0.3) is 10.9 Å². The van der Waals surface area contributed by atoms with Gasteiger partial charge in [-0.25, -0.2) is 0 Å². The molecule has 0 saturated carbocycles. The van der Waals surface area contributed by atoms with Crippen LogP contribution in [0.3, 0.4) is 0 Å². The molecular formula is C34H39Cl2N3O2. The third-order valence-electron chi connectivity index (χ3n) is 7.24. The lowest BCUT2D eigenvalue weighted by atomic mass is 9.87. The largest absolute Gasteiger partial charge is 0.361 e. The van der Waals surface area contributed by atoms with E-state index in [1.54, 1.807) is 23.1 Å². The Kier molecular flexibility index (Phi) is 9.83. The number of hydrogen-bond donors (Lipinski definition) is 1. The minimum Gasteiger partial charge on any atom is -0.361 e. The molecule has 7 heteroatoms. The summed E-state index contributed by atoms with van der Waals surface area (Å²) in [5, 5.41) is 1.86. The Morgan fingerprint density at radius 1 is 0.902 bits per heavy atom. The lowest BCUT2D eigenvalue weighted by Crippen LogP contribution is -2.44. The van der Waals surface area contributed by atoms with Crippen molar-refractivity contribution in [2.45, 2.75) is 53.0 Å². The molecule has 2 amide bonds. The number of benzene rings is 3. The molecule has 0 spiro atoms. The molecule has 4 rings (SSSR count). The van der Waals surface area contributed by atoms with Crippen LogP contribution in [0.15, 0.2) is 72.9 Å². The van der Waals surface area contributed by atoms with Crippen molar-refractivity contribution in [3.8, 4) is 0 Å². The molecule has 0 saturated heterocycles. The maximum absolute atomic E-state index is 13.9. The number of amides is 2. The number of hydrogen-bond acceptors (Lipinski definition) is 2. The first kappa shape index (κ1) is 30.7. The predicted molar refractivity (Wildman–Crippen MR) is 170 cm³/mol. The standard InChI is InChI=1S/C34H39Cl2N3O2/c1-23(2)20-39(33(41)25-12-15-29(35)30(36)18-25)22-32(40)38(21-24-10-13-27(14-11-24)34(3,4)5)17-16-26-19-37-31-9-7-6-8-28(26)31/h6-15,18-19,23,37H,16-17,20-22H2,1-5H3. The van der Waals surface area contributed by atoms with Crippen molar-refractivity contribution in [1.82, 2.24) is 14.8 Å². The van der Waals surface area contributed by atoms with Gasteiger partial charge in [0.2, 0.25) is 5.91 Å². The fourth-order valence-corrected chi connectivity index (χ4v) is 5.25. The van der Waals surface area contributed by atoms with E-state index in [2.05, 4.69) is 62.2 Å². The molecular weight excluding hydrogens is 553 g/mol. The van der Waals surface area contributed by atoms with Gasteiger partial charge in [-0.15, -0.1) is 0 Å². The second-order valence-electron chi connectivity index (χ2n) is 12.1. The Labute approximate surface area is 253 Å². The number of aromatic nitrogens is 1. The highest BCUT2D eigenvalue weighted by atomic mass is 35.5. The number of carbonyl (C=O) groups is 2. The zero-order chi connectivity index (χ0) is 29.7. The first-order valence-electron chi connectivity index (χ1n) is 14.1. The topological polar surface area (TPSA) is 56.4 Å². The summed E-state index contributed by atoms with van der Waals surface area (Å²) < 4.78 is 0. The molecule has 0 radical (unpaired) electrons. The van der Waals surface area contributed by atoms with E-state index in [0.717, 1.165) is 22.0 Å². The van der Waals surface area contributed by atoms with Gasteiger partial charge in [-0.05, 0) is 58.7 Å². The van der Waals surface area contributed by atoms with Crippen LogP contribution in [0.1, 0.15) is 61.7 Å². The first-order valence-corrected chi connectivity index (χ1v) is 14.8. The van der Waals surface area contributed by atoms with Gasteiger partial charge in [0.1, 0.15) is 6.54 Å². The molecule has 0 aliphatic carbocycles. The van der Waals surface area contributed by atoms with Gasteiger partial charge in [0, 0.05) is 42.3 Å². The molecule has 0 aliphatic rings. The van der Waals surface area contributed by atoms with Crippen molar-refractivity contribution < 1.29 is 9.59 Å². The van der Waals surface area contributed by atoms with Crippen molar-refractivity contribution in [2.75, 3.05) is 19.6 Å². The van der Waals surface area contributed by atoms with E-state index in [9.17, 15) is 9.59 Å². The van der Waals surface area contributed by atoms with E-state index in [1.165, 1.54) is 5.56 Å². The fraction of sp³-hybridized carbons (Fsp3) is 0.353. The summed E-state index contributed by atoms with van der Waals surface area (Å²) in [6, 6.07) is 21.5. The summed E-state index contributed by atoms with van der Waals surface area (Å²) in [6.45, 7) is 12.0. The predicted octanol–water partition coefficient (Wildman–Crippen LogP) is 8.14. The maximum atomic E-state index is 13.9. The third kappa shape index (κ3) is 7.93.